The van der Waals surface area contributed by atoms with E-state index in [4.69, 9.17) is 4.74 Å². The third kappa shape index (κ3) is 5.40. The number of thiophene rings is 1. The summed E-state index contributed by atoms with van der Waals surface area (Å²) in [5, 5.41) is 3.10. The SMILES string of the molecule is CCN[C@H](C)CNS(=O)(=O)c1sc(C(=O)OC)cc1OC.Cl. The average molecular weight is 373 g/mol. The number of halogens is 1. The van der Waals surface area contributed by atoms with Gasteiger partial charge in [-0.2, -0.15) is 0 Å². The summed E-state index contributed by atoms with van der Waals surface area (Å²) in [5.74, 6) is -0.468. The summed E-state index contributed by atoms with van der Waals surface area (Å²) in [6.45, 7) is 4.80. The Balaban J connectivity index is 0.00000441. The molecule has 0 fully saturated rings. The molecule has 1 rings (SSSR count). The number of methoxy groups -OCH3 is 2. The van der Waals surface area contributed by atoms with Gasteiger partial charge < -0.3 is 14.8 Å². The second-order valence-electron chi connectivity index (χ2n) is 4.27. The Morgan fingerprint density at radius 1 is 1.41 bits per heavy atom. The first kappa shape index (κ1) is 21.1. The van der Waals surface area contributed by atoms with Crippen molar-refractivity contribution in [2.45, 2.75) is 24.1 Å². The predicted octanol–water partition coefficient (Wildman–Crippen LogP) is 1.24. The minimum atomic E-state index is -3.74. The lowest BCUT2D eigenvalue weighted by molar-refractivity contribution is 0.0606. The van der Waals surface area contributed by atoms with E-state index in [2.05, 4.69) is 14.8 Å². The molecule has 1 aromatic heterocycles. The van der Waals surface area contributed by atoms with E-state index in [1.807, 2.05) is 13.8 Å². The van der Waals surface area contributed by atoms with Gasteiger partial charge in [0, 0.05) is 18.7 Å². The van der Waals surface area contributed by atoms with Gasteiger partial charge in [0.1, 0.15) is 4.88 Å². The Hall–Kier alpha value is -0.870. The van der Waals surface area contributed by atoms with E-state index < -0.39 is 16.0 Å². The standard InChI is InChI=1S/C12H20N2O5S2.ClH/c1-5-13-8(2)7-14-21(16,17)12-9(18-3)6-10(20-12)11(15)19-4;/h6,8,13-14H,5,7H2,1-4H3;1H/t8-;/m1./s1. The Bertz CT molecular complexity index is 588. The van der Waals surface area contributed by atoms with Crippen LogP contribution >= 0.6 is 23.7 Å². The highest BCUT2D eigenvalue weighted by molar-refractivity contribution is 7.91. The van der Waals surface area contributed by atoms with Gasteiger partial charge in [0.15, 0.2) is 9.96 Å². The zero-order chi connectivity index (χ0) is 16.0. The quantitative estimate of drug-likeness (QED) is 0.667. The molecule has 7 nitrogen and oxygen atoms in total. The maximum Gasteiger partial charge on any atom is 0.348 e. The number of likely N-dealkylation sites (N-methyl/N-ethyl adjacent to an activating group) is 1. The summed E-state index contributed by atoms with van der Waals surface area (Å²) in [4.78, 5) is 11.7. The summed E-state index contributed by atoms with van der Waals surface area (Å²) in [6, 6.07) is 1.36. The molecule has 0 aliphatic carbocycles. The maximum atomic E-state index is 12.3. The van der Waals surface area contributed by atoms with Crippen molar-refractivity contribution >= 4 is 39.7 Å². The van der Waals surface area contributed by atoms with Crippen LogP contribution in [0, 0.1) is 0 Å². The number of rotatable bonds is 8. The van der Waals surface area contributed by atoms with Crippen LogP contribution < -0.4 is 14.8 Å². The number of esters is 1. The van der Waals surface area contributed by atoms with E-state index in [-0.39, 0.29) is 39.8 Å². The summed E-state index contributed by atoms with van der Waals surface area (Å²) < 4.78 is 36.6. The fourth-order valence-electron chi connectivity index (χ4n) is 1.61. The van der Waals surface area contributed by atoms with Crippen molar-refractivity contribution in [1.29, 1.82) is 0 Å². The third-order valence-corrected chi connectivity index (χ3v) is 5.68. The van der Waals surface area contributed by atoms with Gasteiger partial charge in [0.05, 0.1) is 14.2 Å². The van der Waals surface area contributed by atoms with Crippen molar-refractivity contribution in [3.8, 4) is 5.75 Å². The molecule has 1 aromatic rings. The Morgan fingerprint density at radius 2 is 2.05 bits per heavy atom. The van der Waals surface area contributed by atoms with Crippen molar-refractivity contribution in [3.63, 3.8) is 0 Å². The molecular weight excluding hydrogens is 352 g/mol. The smallest absolute Gasteiger partial charge is 0.348 e. The molecule has 128 valence electrons. The molecule has 10 heteroatoms. The molecule has 2 N–H and O–H groups in total. The molecule has 0 saturated heterocycles. The van der Waals surface area contributed by atoms with Gasteiger partial charge in [0.2, 0.25) is 0 Å². The minimum Gasteiger partial charge on any atom is -0.494 e. The lowest BCUT2D eigenvalue weighted by atomic mass is 10.3. The van der Waals surface area contributed by atoms with E-state index in [1.165, 1.54) is 20.3 Å². The summed E-state index contributed by atoms with van der Waals surface area (Å²) in [5.41, 5.74) is 0. The second kappa shape index (κ2) is 9.31. The van der Waals surface area contributed by atoms with Crippen molar-refractivity contribution in [3.05, 3.63) is 10.9 Å². The second-order valence-corrected chi connectivity index (χ2v) is 7.28. The first-order chi connectivity index (χ1) is 9.85. The number of hydrogen-bond donors (Lipinski definition) is 2. The van der Waals surface area contributed by atoms with E-state index in [1.54, 1.807) is 0 Å². The normalized spacial score (nSPS) is 12.4. The van der Waals surface area contributed by atoms with Gasteiger partial charge in [-0.25, -0.2) is 17.9 Å². The highest BCUT2D eigenvalue weighted by atomic mass is 35.5. The van der Waals surface area contributed by atoms with Crippen LogP contribution in [0.25, 0.3) is 0 Å². The molecule has 0 spiro atoms. The molecule has 22 heavy (non-hydrogen) atoms. The van der Waals surface area contributed by atoms with Crippen molar-refractivity contribution in [1.82, 2.24) is 10.0 Å². The molecule has 1 heterocycles. The number of sulfonamides is 1. The van der Waals surface area contributed by atoms with E-state index in [9.17, 15) is 13.2 Å². The number of carbonyl (C=O) groups excluding carboxylic acids is 1. The van der Waals surface area contributed by atoms with Gasteiger partial charge in [-0.05, 0) is 13.5 Å². The van der Waals surface area contributed by atoms with Crippen LogP contribution in [0.15, 0.2) is 10.3 Å². The largest absolute Gasteiger partial charge is 0.494 e. The third-order valence-electron chi connectivity index (χ3n) is 2.65. The molecule has 0 saturated carbocycles. The van der Waals surface area contributed by atoms with Gasteiger partial charge in [-0.3, -0.25) is 0 Å². The lowest BCUT2D eigenvalue weighted by Crippen LogP contribution is -2.38. The summed E-state index contributed by atoms with van der Waals surface area (Å²) in [6.07, 6.45) is 0. The average Bonchev–Trinajstić information content (AvgIpc) is 2.90. The van der Waals surface area contributed by atoms with Crippen molar-refractivity contribution in [2.24, 2.45) is 0 Å². The van der Waals surface area contributed by atoms with E-state index in [0.717, 1.165) is 17.9 Å². The molecule has 0 aromatic carbocycles. The van der Waals surface area contributed by atoms with Crippen LogP contribution in [0.4, 0.5) is 0 Å². The van der Waals surface area contributed by atoms with Crippen LogP contribution in [-0.2, 0) is 14.8 Å². The van der Waals surface area contributed by atoms with Crippen LogP contribution in [0.1, 0.15) is 23.5 Å². The lowest BCUT2D eigenvalue weighted by Gasteiger charge is -2.13. The zero-order valence-electron chi connectivity index (χ0n) is 12.8. The number of nitrogens with one attached hydrogen (secondary N) is 2. The molecule has 0 bridgehead atoms. The fourth-order valence-corrected chi connectivity index (χ4v) is 4.28. The number of hydrogen-bond acceptors (Lipinski definition) is 7. The molecule has 0 radical (unpaired) electrons. The van der Waals surface area contributed by atoms with Gasteiger partial charge >= 0.3 is 5.97 Å². The fraction of sp³-hybridized carbons (Fsp3) is 0.583. The van der Waals surface area contributed by atoms with Crippen molar-refractivity contribution < 1.29 is 22.7 Å². The monoisotopic (exact) mass is 372 g/mol. The molecule has 0 amide bonds. The molecular formula is C12H21ClN2O5S2. The van der Waals surface area contributed by atoms with Crippen molar-refractivity contribution in [2.75, 3.05) is 27.3 Å². The molecule has 1 atom stereocenters. The van der Waals surface area contributed by atoms with Gasteiger partial charge in [0.25, 0.3) is 10.0 Å². The Morgan fingerprint density at radius 3 is 2.55 bits per heavy atom. The molecule has 0 unspecified atom stereocenters. The highest BCUT2D eigenvalue weighted by Crippen LogP contribution is 2.33. The number of ether oxygens (including phenoxy) is 2. The summed E-state index contributed by atoms with van der Waals surface area (Å²) >= 11 is 0.818. The highest BCUT2D eigenvalue weighted by Gasteiger charge is 2.26. The molecule has 0 aliphatic heterocycles. The van der Waals surface area contributed by atoms with Gasteiger partial charge in [-0.15, -0.1) is 23.7 Å². The van der Waals surface area contributed by atoms with Gasteiger partial charge in [-0.1, -0.05) is 6.92 Å². The zero-order valence-corrected chi connectivity index (χ0v) is 15.3. The minimum absolute atomic E-state index is 0. The Kier molecular flexibility index (Phi) is 8.94. The first-order valence-corrected chi connectivity index (χ1v) is 8.64. The van der Waals surface area contributed by atoms with E-state index in [0.29, 0.717) is 0 Å². The predicted molar refractivity (Wildman–Crippen MR) is 87.8 cm³/mol. The number of carbonyl (C=O) groups is 1. The van der Waals surface area contributed by atoms with E-state index >= 15 is 0 Å². The van der Waals surface area contributed by atoms with Crippen LogP contribution in [0.2, 0.25) is 0 Å². The first-order valence-electron chi connectivity index (χ1n) is 6.34. The Labute approximate surface area is 140 Å². The van der Waals surface area contributed by atoms with Crippen LogP contribution in [0.3, 0.4) is 0 Å². The molecule has 0 aliphatic rings. The van der Waals surface area contributed by atoms with Crippen LogP contribution in [0.5, 0.6) is 5.75 Å². The summed E-state index contributed by atoms with van der Waals surface area (Å²) in [7, 11) is -1.16. The maximum absolute atomic E-state index is 12.3. The topological polar surface area (TPSA) is 93.7 Å². The van der Waals surface area contributed by atoms with Crippen LogP contribution in [-0.4, -0.2) is 47.7 Å².